The highest BCUT2D eigenvalue weighted by Crippen LogP contribution is 2.28. The molecule has 0 bridgehead atoms. The highest BCUT2D eigenvalue weighted by atomic mass is 16.6. The van der Waals surface area contributed by atoms with Gasteiger partial charge in [0.05, 0.1) is 33.0 Å². The van der Waals surface area contributed by atoms with Gasteiger partial charge < -0.3 is 19.5 Å². The van der Waals surface area contributed by atoms with Crippen LogP contribution in [-0.4, -0.2) is 60.6 Å². The first kappa shape index (κ1) is 18.6. The van der Waals surface area contributed by atoms with Gasteiger partial charge in [0.2, 0.25) is 5.91 Å². The van der Waals surface area contributed by atoms with E-state index in [0.717, 1.165) is 11.3 Å². The zero-order chi connectivity index (χ0) is 19.4. The van der Waals surface area contributed by atoms with Gasteiger partial charge in [0.25, 0.3) is 0 Å². The molecule has 9 nitrogen and oxygen atoms in total. The molecular formula is C18H22N4O5. The SMILES string of the molecule is COc1ccc(Cn2nc(C)cc2NC(=O)CN2CCOC2=O)cc1OC. The number of nitrogens with zero attached hydrogens (tertiary/aromatic N) is 3. The fourth-order valence-corrected chi connectivity index (χ4v) is 2.84. The number of hydrogen-bond donors (Lipinski definition) is 1. The van der Waals surface area contributed by atoms with Crippen LogP contribution in [0.4, 0.5) is 10.6 Å². The van der Waals surface area contributed by atoms with Crippen molar-refractivity contribution in [1.29, 1.82) is 0 Å². The summed E-state index contributed by atoms with van der Waals surface area (Å²) >= 11 is 0. The molecule has 144 valence electrons. The van der Waals surface area contributed by atoms with Gasteiger partial charge >= 0.3 is 6.09 Å². The van der Waals surface area contributed by atoms with Crippen LogP contribution >= 0.6 is 0 Å². The van der Waals surface area contributed by atoms with Crippen LogP contribution in [0.15, 0.2) is 24.3 Å². The Morgan fingerprint density at radius 3 is 2.70 bits per heavy atom. The molecule has 0 radical (unpaired) electrons. The van der Waals surface area contributed by atoms with E-state index in [1.54, 1.807) is 25.0 Å². The quantitative estimate of drug-likeness (QED) is 0.792. The average Bonchev–Trinajstić information content (AvgIpc) is 3.20. The van der Waals surface area contributed by atoms with Crippen molar-refractivity contribution >= 4 is 17.8 Å². The van der Waals surface area contributed by atoms with Gasteiger partial charge in [-0.05, 0) is 24.6 Å². The number of methoxy groups -OCH3 is 2. The first-order valence-corrected chi connectivity index (χ1v) is 8.47. The molecule has 1 saturated heterocycles. The van der Waals surface area contributed by atoms with Gasteiger partial charge in [-0.3, -0.25) is 9.69 Å². The van der Waals surface area contributed by atoms with Gasteiger partial charge in [0, 0.05) is 6.07 Å². The summed E-state index contributed by atoms with van der Waals surface area (Å²) in [7, 11) is 3.16. The number of ether oxygens (including phenoxy) is 3. The van der Waals surface area contributed by atoms with Gasteiger partial charge in [-0.2, -0.15) is 5.10 Å². The molecule has 2 aromatic rings. The van der Waals surface area contributed by atoms with E-state index in [1.165, 1.54) is 4.90 Å². The van der Waals surface area contributed by atoms with Crippen molar-refractivity contribution < 1.29 is 23.8 Å². The minimum Gasteiger partial charge on any atom is -0.493 e. The maximum Gasteiger partial charge on any atom is 0.410 e. The van der Waals surface area contributed by atoms with Crippen molar-refractivity contribution in [2.45, 2.75) is 13.5 Å². The van der Waals surface area contributed by atoms with Gasteiger partial charge in [0.1, 0.15) is 19.0 Å². The van der Waals surface area contributed by atoms with Crippen LogP contribution in [0.2, 0.25) is 0 Å². The Morgan fingerprint density at radius 2 is 2.04 bits per heavy atom. The van der Waals surface area contributed by atoms with E-state index in [-0.39, 0.29) is 12.5 Å². The number of rotatable bonds is 7. The van der Waals surface area contributed by atoms with Crippen molar-refractivity contribution in [3.8, 4) is 11.5 Å². The summed E-state index contributed by atoms with van der Waals surface area (Å²) in [5, 5.41) is 7.23. The number of anilines is 1. The third-order valence-electron chi connectivity index (χ3n) is 4.13. The molecule has 0 spiro atoms. The van der Waals surface area contributed by atoms with E-state index in [2.05, 4.69) is 10.4 Å². The lowest BCUT2D eigenvalue weighted by atomic mass is 10.2. The van der Waals surface area contributed by atoms with Gasteiger partial charge in [-0.1, -0.05) is 6.07 Å². The first-order valence-electron chi connectivity index (χ1n) is 8.47. The summed E-state index contributed by atoms with van der Waals surface area (Å²) < 4.78 is 17.1. The van der Waals surface area contributed by atoms with Crippen molar-refractivity contribution in [2.75, 3.05) is 39.2 Å². The van der Waals surface area contributed by atoms with Crippen LogP contribution in [0.1, 0.15) is 11.3 Å². The van der Waals surface area contributed by atoms with E-state index in [0.29, 0.717) is 37.0 Å². The smallest absolute Gasteiger partial charge is 0.410 e. The monoisotopic (exact) mass is 374 g/mol. The van der Waals surface area contributed by atoms with E-state index < -0.39 is 6.09 Å². The first-order chi connectivity index (χ1) is 13.0. The predicted octanol–water partition coefficient (Wildman–Crippen LogP) is 1.65. The summed E-state index contributed by atoms with van der Waals surface area (Å²) in [6.07, 6.45) is -0.472. The Bertz CT molecular complexity index is 848. The molecule has 1 fully saturated rings. The zero-order valence-electron chi connectivity index (χ0n) is 15.5. The molecular weight excluding hydrogens is 352 g/mol. The molecule has 1 aliphatic heterocycles. The second-order valence-electron chi connectivity index (χ2n) is 6.10. The lowest BCUT2D eigenvalue weighted by Crippen LogP contribution is -2.34. The summed E-state index contributed by atoms with van der Waals surface area (Å²) in [6, 6.07) is 7.37. The van der Waals surface area contributed by atoms with Crippen LogP contribution in [0, 0.1) is 6.92 Å². The molecule has 27 heavy (non-hydrogen) atoms. The number of nitrogens with one attached hydrogen (secondary N) is 1. The van der Waals surface area contributed by atoms with Gasteiger partial charge in [-0.25, -0.2) is 9.48 Å². The number of amides is 2. The molecule has 1 aromatic carbocycles. The van der Waals surface area contributed by atoms with Crippen LogP contribution < -0.4 is 14.8 Å². The third-order valence-corrected chi connectivity index (χ3v) is 4.13. The molecule has 0 unspecified atom stereocenters. The maximum atomic E-state index is 12.3. The average molecular weight is 374 g/mol. The molecule has 1 aliphatic rings. The Hall–Kier alpha value is -3.23. The highest BCUT2D eigenvalue weighted by molar-refractivity contribution is 5.93. The number of carbonyl (C=O) groups excluding carboxylic acids is 2. The van der Waals surface area contributed by atoms with Crippen molar-refractivity contribution in [3.63, 3.8) is 0 Å². The number of aromatic nitrogens is 2. The maximum absolute atomic E-state index is 12.3. The fraction of sp³-hybridized carbons (Fsp3) is 0.389. The second-order valence-corrected chi connectivity index (χ2v) is 6.10. The molecule has 2 heterocycles. The third kappa shape index (κ3) is 4.30. The van der Waals surface area contributed by atoms with Crippen LogP contribution in [-0.2, 0) is 16.1 Å². The Morgan fingerprint density at radius 1 is 1.26 bits per heavy atom. The summed E-state index contributed by atoms with van der Waals surface area (Å²) in [4.78, 5) is 25.1. The molecule has 1 N–H and O–H groups in total. The fourth-order valence-electron chi connectivity index (χ4n) is 2.84. The van der Waals surface area contributed by atoms with E-state index in [9.17, 15) is 9.59 Å². The summed E-state index contributed by atoms with van der Waals surface area (Å²) in [5.74, 6) is 1.52. The van der Waals surface area contributed by atoms with Crippen LogP contribution in [0.3, 0.4) is 0 Å². The molecule has 9 heteroatoms. The van der Waals surface area contributed by atoms with Crippen molar-refractivity contribution in [1.82, 2.24) is 14.7 Å². The van der Waals surface area contributed by atoms with Crippen LogP contribution in [0.25, 0.3) is 0 Å². The number of hydrogen-bond acceptors (Lipinski definition) is 6. The summed E-state index contributed by atoms with van der Waals surface area (Å²) in [5.41, 5.74) is 1.71. The number of benzene rings is 1. The molecule has 0 aliphatic carbocycles. The number of carbonyl (C=O) groups is 2. The molecule has 2 amide bonds. The standard InChI is InChI=1S/C18H22N4O5/c1-12-8-16(19-17(23)11-21-6-7-27-18(21)24)22(20-12)10-13-4-5-14(25-2)15(9-13)26-3/h4-5,8-9H,6-7,10-11H2,1-3H3,(H,19,23). The number of cyclic esters (lactones) is 1. The Balaban J connectivity index is 1.72. The molecule has 0 atom stereocenters. The summed E-state index contributed by atoms with van der Waals surface area (Å²) in [6.45, 7) is 2.95. The largest absolute Gasteiger partial charge is 0.493 e. The highest BCUT2D eigenvalue weighted by Gasteiger charge is 2.24. The van der Waals surface area contributed by atoms with Crippen molar-refractivity contribution in [2.24, 2.45) is 0 Å². The van der Waals surface area contributed by atoms with Crippen LogP contribution in [0.5, 0.6) is 11.5 Å². The Kier molecular flexibility index (Phi) is 5.49. The molecule has 1 aromatic heterocycles. The van der Waals surface area contributed by atoms with E-state index in [4.69, 9.17) is 14.2 Å². The van der Waals surface area contributed by atoms with Gasteiger partial charge in [0.15, 0.2) is 11.5 Å². The zero-order valence-corrected chi connectivity index (χ0v) is 15.5. The van der Waals surface area contributed by atoms with E-state index in [1.807, 2.05) is 25.1 Å². The van der Waals surface area contributed by atoms with Crippen molar-refractivity contribution in [3.05, 3.63) is 35.5 Å². The Labute approximate surface area is 156 Å². The molecule has 0 saturated carbocycles. The number of aryl methyl sites for hydroxylation is 1. The minimum atomic E-state index is -0.472. The van der Waals surface area contributed by atoms with E-state index >= 15 is 0 Å². The minimum absolute atomic E-state index is 0.0561. The normalized spacial score (nSPS) is 13.4. The molecule has 3 rings (SSSR count). The lowest BCUT2D eigenvalue weighted by molar-refractivity contribution is -0.116. The predicted molar refractivity (Wildman–Crippen MR) is 97.2 cm³/mol. The lowest BCUT2D eigenvalue weighted by Gasteiger charge is -2.14. The second kappa shape index (κ2) is 7.98. The van der Waals surface area contributed by atoms with Gasteiger partial charge in [-0.15, -0.1) is 0 Å². The topological polar surface area (TPSA) is 94.9 Å².